The highest BCUT2D eigenvalue weighted by Gasteiger charge is 2.16. The van der Waals surface area contributed by atoms with Crippen LogP contribution in [0.5, 0.6) is 5.75 Å². The number of ether oxygens (including phenoxy) is 1. The summed E-state index contributed by atoms with van der Waals surface area (Å²) >= 11 is 0. The van der Waals surface area contributed by atoms with Gasteiger partial charge in [0.05, 0.1) is 0 Å². The first-order chi connectivity index (χ1) is 9.63. The van der Waals surface area contributed by atoms with Gasteiger partial charge in [0.15, 0.2) is 0 Å². The second-order valence-corrected chi connectivity index (χ2v) is 4.94. The number of β-amino-alcohol motifs (C(OH)–C–C–N with tert-alkyl or cyclic N) is 1. The Labute approximate surface area is 118 Å². The van der Waals surface area contributed by atoms with E-state index in [9.17, 15) is 9.90 Å². The van der Waals surface area contributed by atoms with Crippen LogP contribution >= 0.6 is 0 Å². The van der Waals surface area contributed by atoms with Crippen LogP contribution < -0.4 is 15.8 Å². The highest BCUT2D eigenvalue weighted by Crippen LogP contribution is 2.14. The number of nitrogens with zero attached hydrogens (tertiary/aromatic N) is 1. The summed E-state index contributed by atoms with van der Waals surface area (Å²) in [5, 5.41) is 12.8. The molecule has 4 N–H and O–H groups in total. The van der Waals surface area contributed by atoms with Gasteiger partial charge in [0.1, 0.15) is 18.5 Å². The number of aliphatic hydroxyl groups is 1. The first-order valence-corrected chi connectivity index (χ1v) is 6.79. The number of carbonyl (C=O) groups excluding carboxylic acids is 1. The highest BCUT2D eigenvalue weighted by atomic mass is 16.5. The summed E-state index contributed by atoms with van der Waals surface area (Å²) in [5.41, 5.74) is 6.29. The van der Waals surface area contributed by atoms with Crippen LogP contribution in [-0.4, -0.2) is 54.8 Å². The van der Waals surface area contributed by atoms with Crippen molar-refractivity contribution in [2.45, 2.75) is 12.5 Å². The summed E-state index contributed by atoms with van der Waals surface area (Å²) in [6.45, 7) is 2.75. The quantitative estimate of drug-likeness (QED) is 0.651. The maximum absolute atomic E-state index is 11.2. The fourth-order valence-electron chi connectivity index (χ4n) is 2.14. The van der Waals surface area contributed by atoms with Gasteiger partial charge in [0, 0.05) is 44.4 Å². The van der Waals surface area contributed by atoms with Gasteiger partial charge in [-0.3, -0.25) is 9.69 Å². The Kier molecular flexibility index (Phi) is 5.20. The molecule has 0 radical (unpaired) electrons. The van der Waals surface area contributed by atoms with Crippen LogP contribution in [0.2, 0.25) is 0 Å². The zero-order chi connectivity index (χ0) is 14.4. The molecule has 0 aliphatic carbocycles. The molecule has 6 heteroatoms. The van der Waals surface area contributed by atoms with E-state index >= 15 is 0 Å². The molecule has 1 saturated heterocycles. The van der Waals surface area contributed by atoms with Crippen molar-refractivity contribution in [3.05, 3.63) is 24.3 Å². The minimum atomic E-state index is -0.593. The average Bonchev–Trinajstić information content (AvgIpc) is 2.62. The summed E-state index contributed by atoms with van der Waals surface area (Å²) < 4.78 is 5.50. The van der Waals surface area contributed by atoms with Crippen LogP contribution in [0.1, 0.15) is 6.42 Å². The van der Waals surface area contributed by atoms with Crippen molar-refractivity contribution in [3.63, 3.8) is 0 Å². The van der Waals surface area contributed by atoms with E-state index in [1.165, 1.54) is 0 Å². The molecule has 1 aromatic carbocycles. The monoisotopic (exact) mass is 279 g/mol. The molecule has 1 amide bonds. The molecule has 1 atom stereocenters. The van der Waals surface area contributed by atoms with Crippen molar-refractivity contribution in [2.24, 2.45) is 0 Å². The molecule has 1 fully saturated rings. The molecule has 110 valence electrons. The van der Waals surface area contributed by atoms with Gasteiger partial charge in [-0.05, 0) is 12.1 Å². The third-order valence-corrected chi connectivity index (χ3v) is 3.17. The van der Waals surface area contributed by atoms with Crippen LogP contribution in [0.25, 0.3) is 0 Å². The van der Waals surface area contributed by atoms with Gasteiger partial charge < -0.3 is 20.9 Å². The molecule has 1 unspecified atom stereocenters. The van der Waals surface area contributed by atoms with Crippen molar-refractivity contribution >= 4 is 11.6 Å². The van der Waals surface area contributed by atoms with Crippen LogP contribution in [-0.2, 0) is 4.79 Å². The predicted octanol–water partition coefficient (Wildman–Crippen LogP) is -0.170. The number of rotatable bonds is 5. The van der Waals surface area contributed by atoms with Gasteiger partial charge in [-0.25, -0.2) is 0 Å². The van der Waals surface area contributed by atoms with Crippen LogP contribution in [0, 0.1) is 0 Å². The Morgan fingerprint density at radius 2 is 2.30 bits per heavy atom. The van der Waals surface area contributed by atoms with E-state index in [-0.39, 0.29) is 12.5 Å². The zero-order valence-corrected chi connectivity index (χ0v) is 11.4. The van der Waals surface area contributed by atoms with Gasteiger partial charge in [0.25, 0.3) is 0 Å². The highest BCUT2D eigenvalue weighted by molar-refractivity contribution is 5.76. The van der Waals surface area contributed by atoms with Crippen LogP contribution in [0.15, 0.2) is 24.3 Å². The Morgan fingerprint density at radius 3 is 3.10 bits per heavy atom. The third-order valence-electron chi connectivity index (χ3n) is 3.17. The Morgan fingerprint density at radius 1 is 1.45 bits per heavy atom. The van der Waals surface area contributed by atoms with E-state index in [0.29, 0.717) is 37.5 Å². The molecule has 0 spiro atoms. The van der Waals surface area contributed by atoms with Gasteiger partial charge in [0.2, 0.25) is 5.91 Å². The molecule has 1 aliphatic heterocycles. The fraction of sp³-hybridized carbons (Fsp3) is 0.500. The van der Waals surface area contributed by atoms with Crippen molar-refractivity contribution in [3.8, 4) is 5.75 Å². The number of carbonyl (C=O) groups is 1. The van der Waals surface area contributed by atoms with E-state index in [0.717, 1.165) is 6.54 Å². The second-order valence-electron chi connectivity index (χ2n) is 4.94. The molecule has 2 rings (SSSR count). The standard InChI is InChI=1S/C14H21N3O3/c15-11-2-1-3-13(8-11)20-10-12(18)9-17-6-4-14(19)16-5-7-17/h1-3,8,12,18H,4-7,9-10,15H2,(H,16,19). The lowest BCUT2D eigenvalue weighted by atomic mass is 10.3. The van der Waals surface area contributed by atoms with Crippen molar-refractivity contribution < 1.29 is 14.6 Å². The van der Waals surface area contributed by atoms with E-state index in [1.54, 1.807) is 18.2 Å². The summed E-state index contributed by atoms with van der Waals surface area (Å²) in [7, 11) is 0. The third kappa shape index (κ3) is 4.71. The largest absolute Gasteiger partial charge is 0.491 e. The lowest BCUT2D eigenvalue weighted by Gasteiger charge is -2.22. The Balaban J connectivity index is 1.74. The van der Waals surface area contributed by atoms with E-state index in [2.05, 4.69) is 10.2 Å². The summed E-state index contributed by atoms with van der Waals surface area (Å²) in [4.78, 5) is 13.3. The minimum absolute atomic E-state index is 0.0676. The number of hydrogen-bond donors (Lipinski definition) is 3. The predicted molar refractivity (Wildman–Crippen MR) is 76.4 cm³/mol. The SMILES string of the molecule is Nc1cccc(OCC(O)CN2CCNC(=O)CC2)c1. The normalized spacial score (nSPS) is 18.1. The van der Waals surface area contributed by atoms with Gasteiger partial charge >= 0.3 is 0 Å². The van der Waals surface area contributed by atoms with Gasteiger partial charge in [-0.15, -0.1) is 0 Å². The maximum Gasteiger partial charge on any atom is 0.221 e. The smallest absolute Gasteiger partial charge is 0.221 e. The molecule has 1 heterocycles. The zero-order valence-electron chi connectivity index (χ0n) is 11.4. The lowest BCUT2D eigenvalue weighted by molar-refractivity contribution is -0.120. The van der Waals surface area contributed by atoms with Crippen LogP contribution in [0.3, 0.4) is 0 Å². The molecule has 0 saturated carbocycles. The number of nitrogens with one attached hydrogen (secondary N) is 1. The Bertz CT molecular complexity index is 453. The summed E-state index contributed by atoms with van der Waals surface area (Å²) in [6.07, 6.45) is -0.118. The molecule has 20 heavy (non-hydrogen) atoms. The number of aliphatic hydroxyl groups excluding tert-OH is 1. The van der Waals surface area contributed by atoms with Crippen molar-refractivity contribution in [2.75, 3.05) is 38.5 Å². The maximum atomic E-state index is 11.2. The van der Waals surface area contributed by atoms with Gasteiger partial charge in [-0.2, -0.15) is 0 Å². The minimum Gasteiger partial charge on any atom is -0.491 e. The first kappa shape index (κ1) is 14.6. The number of anilines is 1. The first-order valence-electron chi connectivity index (χ1n) is 6.79. The molecular formula is C14H21N3O3. The number of benzene rings is 1. The van der Waals surface area contributed by atoms with E-state index in [1.807, 2.05) is 6.07 Å². The number of hydrogen-bond acceptors (Lipinski definition) is 5. The Hall–Kier alpha value is -1.79. The molecule has 1 aromatic rings. The summed E-state index contributed by atoms with van der Waals surface area (Å²) in [5.74, 6) is 0.717. The number of amides is 1. The van der Waals surface area contributed by atoms with Gasteiger partial charge in [-0.1, -0.05) is 6.07 Å². The number of nitrogens with two attached hydrogens (primary N) is 1. The van der Waals surface area contributed by atoms with E-state index in [4.69, 9.17) is 10.5 Å². The molecular weight excluding hydrogens is 258 g/mol. The molecule has 6 nitrogen and oxygen atoms in total. The lowest BCUT2D eigenvalue weighted by Crippen LogP contribution is -2.37. The van der Waals surface area contributed by atoms with Crippen molar-refractivity contribution in [1.29, 1.82) is 0 Å². The fourth-order valence-corrected chi connectivity index (χ4v) is 2.14. The molecule has 0 aromatic heterocycles. The van der Waals surface area contributed by atoms with E-state index < -0.39 is 6.10 Å². The summed E-state index contributed by atoms with van der Waals surface area (Å²) in [6, 6.07) is 7.12. The molecule has 1 aliphatic rings. The number of nitrogen functional groups attached to an aromatic ring is 1. The molecule has 0 bridgehead atoms. The second kappa shape index (κ2) is 7.12. The topological polar surface area (TPSA) is 87.8 Å². The van der Waals surface area contributed by atoms with Crippen molar-refractivity contribution in [1.82, 2.24) is 10.2 Å². The average molecular weight is 279 g/mol. The van der Waals surface area contributed by atoms with Crippen LogP contribution in [0.4, 0.5) is 5.69 Å².